The lowest BCUT2D eigenvalue weighted by atomic mass is 10.1. The van der Waals surface area contributed by atoms with Gasteiger partial charge < -0.3 is 10.1 Å². The van der Waals surface area contributed by atoms with E-state index in [4.69, 9.17) is 4.74 Å². The van der Waals surface area contributed by atoms with Gasteiger partial charge in [0, 0.05) is 12.8 Å². The Morgan fingerprint density at radius 1 is 1.33 bits per heavy atom. The Hall–Kier alpha value is -0.870. The van der Waals surface area contributed by atoms with E-state index in [1.807, 2.05) is 0 Å². The lowest BCUT2D eigenvalue weighted by Gasteiger charge is -2.11. The summed E-state index contributed by atoms with van der Waals surface area (Å²) in [7, 11) is 1.74. The van der Waals surface area contributed by atoms with Gasteiger partial charge in [-0.25, -0.2) is 0 Å². The molecule has 1 N–H and O–H groups in total. The van der Waals surface area contributed by atoms with Crippen LogP contribution in [-0.2, 0) is 17.7 Å². The van der Waals surface area contributed by atoms with Crippen LogP contribution in [-0.4, -0.2) is 36.1 Å². The molecule has 0 aliphatic rings. The molecular weight excluding hydrogens is 226 g/mol. The molecular formula is C14H27N3O. The molecule has 0 aliphatic heterocycles. The van der Waals surface area contributed by atoms with Crippen molar-refractivity contribution in [2.24, 2.45) is 0 Å². The minimum absolute atomic E-state index is 0.203. The van der Waals surface area contributed by atoms with Gasteiger partial charge in [-0.1, -0.05) is 6.92 Å². The summed E-state index contributed by atoms with van der Waals surface area (Å²) in [6.07, 6.45) is 2.44. The zero-order valence-corrected chi connectivity index (χ0v) is 12.4. The lowest BCUT2D eigenvalue weighted by molar-refractivity contribution is 0.0991. The van der Waals surface area contributed by atoms with Gasteiger partial charge in [-0.3, -0.25) is 4.68 Å². The van der Waals surface area contributed by atoms with E-state index in [9.17, 15) is 0 Å². The van der Waals surface area contributed by atoms with E-state index < -0.39 is 0 Å². The van der Waals surface area contributed by atoms with Gasteiger partial charge in [0.05, 0.1) is 18.3 Å². The highest BCUT2D eigenvalue weighted by atomic mass is 16.5. The number of aromatic nitrogens is 2. The zero-order valence-electron chi connectivity index (χ0n) is 12.4. The Morgan fingerprint density at radius 2 is 2.06 bits per heavy atom. The summed E-state index contributed by atoms with van der Waals surface area (Å²) < 4.78 is 7.37. The smallest absolute Gasteiger partial charge is 0.0739 e. The van der Waals surface area contributed by atoms with Gasteiger partial charge >= 0.3 is 0 Å². The molecule has 0 radical (unpaired) electrons. The third kappa shape index (κ3) is 4.10. The van der Waals surface area contributed by atoms with Crippen molar-refractivity contribution < 1.29 is 4.74 Å². The molecule has 1 unspecified atom stereocenters. The van der Waals surface area contributed by atoms with Gasteiger partial charge in [0.25, 0.3) is 0 Å². The van der Waals surface area contributed by atoms with Crippen molar-refractivity contribution in [2.45, 2.75) is 53.2 Å². The number of ether oxygens (including phenoxy) is 1. The molecule has 0 fully saturated rings. The van der Waals surface area contributed by atoms with Gasteiger partial charge in [0.15, 0.2) is 0 Å². The minimum atomic E-state index is 0.203. The molecule has 18 heavy (non-hydrogen) atoms. The van der Waals surface area contributed by atoms with E-state index >= 15 is 0 Å². The molecule has 1 heterocycles. The zero-order chi connectivity index (χ0) is 13.5. The SMILES string of the molecule is CCCNCCc1c(C)nn(CC(C)OC)c1C. The fraction of sp³-hybridized carbons (Fsp3) is 0.786. The maximum atomic E-state index is 5.30. The van der Waals surface area contributed by atoms with Crippen LogP contribution in [0.3, 0.4) is 0 Å². The molecule has 0 saturated heterocycles. The average Bonchev–Trinajstić information content (AvgIpc) is 2.61. The van der Waals surface area contributed by atoms with Crippen LogP contribution in [0.25, 0.3) is 0 Å². The van der Waals surface area contributed by atoms with Gasteiger partial charge in [-0.2, -0.15) is 5.10 Å². The first-order valence-corrected chi connectivity index (χ1v) is 6.86. The number of rotatable bonds is 8. The maximum Gasteiger partial charge on any atom is 0.0739 e. The Bertz CT molecular complexity index is 360. The lowest BCUT2D eigenvalue weighted by Crippen LogP contribution is -2.19. The van der Waals surface area contributed by atoms with E-state index in [0.29, 0.717) is 0 Å². The normalized spacial score (nSPS) is 12.9. The molecule has 0 saturated carbocycles. The minimum Gasteiger partial charge on any atom is -0.380 e. The predicted molar refractivity (Wildman–Crippen MR) is 75.0 cm³/mol. The Kier molecular flexibility index (Phi) is 6.36. The third-order valence-corrected chi connectivity index (χ3v) is 3.34. The number of hydrogen-bond donors (Lipinski definition) is 1. The van der Waals surface area contributed by atoms with Crippen molar-refractivity contribution in [2.75, 3.05) is 20.2 Å². The summed E-state index contributed by atoms with van der Waals surface area (Å²) in [4.78, 5) is 0. The topological polar surface area (TPSA) is 39.1 Å². The number of methoxy groups -OCH3 is 1. The van der Waals surface area contributed by atoms with Crippen LogP contribution in [0.1, 0.15) is 37.2 Å². The molecule has 0 aliphatic carbocycles. The molecule has 1 aromatic heterocycles. The highest BCUT2D eigenvalue weighted by molar-refractivity contribution is 5.24. The second kappa shape index (κ2) is 7.54. The van der Waals surface area contributed by atoms with Crippen LogP contribution < -0.4 is 5.32 Å². The van der Waals surface area contributed by atoms with Gasteiger partial charge in [-0.05, 0) is 52.3 Å². The summed E-state index contributed by atoms with van der Waals surface area (Å²) in [6, 6.07) is 0. The van der Waals surface area contributed by atoms with E-state index in [1.165, 1.54) is 17.7 Å². The molecule has 104 valence electrons. The second-order valence-corrected chi connectivity index (χ2v) is 4.88. The average molecular weight is 253 g/mol. The highest BCUT2D eigenvalue weighted by Gasteiger charge is 2.12. The molecule has 0 bridgehead atoms. The molecule has 0 aromatic carbocycles. The van der Waals surface area contributed by atoms with Crippen LogP contribution in [0.15, 0.2) is 0 Å². The van der Waals surface area contributed by atoms with Gasteiger partial charge in [0.2, 0.25) is 0 Å². The van der Waals surface area contributed by atoms with Crippen molar-refractivity contribution in [3.8, 4) is 0 Å². The monoisotopic (exact) mass is 253 g/mol. The molecule has 0 amide bonds. The quantitative estimate of drug-likeness (QED) is 0.721. The summed E-state index contributed by atoms with van der Waals surface area (Å²) in [5.74, 6) is 0. The van der Waals surface area contributed by atoms with Crippen LogP contribution in [0.5, 0.6) is 0 Å². The fourth-order valence-corrected chi connectivity index (χ4v) is 2.11. The molecule has 4 nitrogen and oxygen atoms in total. The first kappa shape index (κ1) is 15.2. The number of aryl methyl sites for hydroxylation is 1. The predicted octanol–water partition coefficient (Wildman–Crippen LogP) is 2.08. The summed E-state index contributed by atoms with van der Waals surface area (Å²) in [5.41, 5.74) is 3.80. The highest BCUT2D eigenvalue weighted by Crippen LogP contribution is 2.14. The van der Waals surface area contributed by atoms with Crippen molar-refractivity contribution in [3.63, 3.8) is 0 Å². The summed E-state index contributed by atoms with van der Waals surface area (Å²) in [6.45, 7) is 11.4. The van der Waals surface area contributed by atoms with Crippen LogP contribution in [0.4, 0.5) is 0 Å². The van der Waals surface area contributed by atoms with E-state index in [2.05, 4.69) is 42.8 Å². The van der Waals surface area contributed by atoms with Crippen LogP contribution in [0.2, 0.25) is 0 Å². The van der Waals surface area contributed by atoms with E-state index in [1.54, 1.807) is 7.11 Å². The fourth-order valence-electron chi connectivity index (χ4n) is 2.11. The van der Waals surface area contributed by atoms with Crippen molar-refractivity contribution in [1.29, 1.82) is 0 Å². The summed E-state index contributed by atoms with van der Waals surface area (Å²) >= 11 is 0. The van der Waals surface area contributed by atoms with Crippen molar-refractivity contribution in [3.05, 3.63) is 17.0 Å². The van der Waals surface area contributed by atoms with Crippen LogP contribution in [0, 0.1) is 13.8 Å². The first-order chi connectivity index (χ1) is 8.60. The largest absolute Gasteiger partial charge is 0.380 e. The molecule has 0 spiro atoms. The number of nitrogens with one attached hydrogen (secondary N) is 1. The number of hydrogen-bond acceptors (Lipinski definition) is 3. The van der Waals surface area contributed by atoms with E-state index in [-0.39, 0.29) is 6.10 Å². The molecule has 1 aromatic rings. The second-order valence-electron chi connectivity index (χ2n) is 4.88. The Balaban J connectivity index is 2.62. The summed E-state index contributed by atoms with van der Waals surface area (Å²) in [5, 5.41) is 8.04. The number of nitrogens with zero attached hydrogens (tertiary/aromatic N) is 2. The maximum absolute atomic E-state index is 5.30. The van der Waals surface area contributed by atoms with Crippen molar-refractivity contribution in [1.82, 2.24) is 15.1 Å². The van der Waals surface area contributed by atoms with E-state index in [0.717, 1.165) is 31.7 Å². The van der Waals surface area contributed by atoms with Crippen molar-refractivity contribution >= 4 is 0 Å². The third-order valence-electron chi connectivity index (χ3n) is 3.34. The molecule has 1 atom stereocenters. The van der Waals surface area contributed by atoms with Gasteiger partial charge in [0.1, 0.15) is 0 Å². The van der Waals surface area contributed by atoms with Gasteiger partial charge in [-0.15, -0.1) is 0 Å². The van der Waals surface area contributed by atoms with Crippen LogP contribution >= 0.6 is 0 Å². The molecule has 1 rings (SSSR count). The Morgan fingerprint density at radius 3 is 2.67 bits per heavy atom. The molecule has 4 heteroatoms. The first-order valence-electron chi connectivity index (χ1n) is 6.86. The standard InChI is InChI=1S/C14H27N3O/c1-6-8-15-9-7-14-12(3)16-17(13(14)4)10-11(2)18-5/h11,15H,6-10H2,1-5H3. The Labute approximate surface area is 111 Å².